The number of ether oxygens (including phenoxy) is 3. The number of aliphatic hydroxyl groups is 2. The smallest absolute Gasteiger partial charge is 0.330 e. The van der Waals surface area contributed by atoms with Gasteiger partial charge < -0.3 is 24.4 Å². The first-order valence-electron chi connectivity index (χ1n) is 8.49. The number of aliphatic hydroxyl groups excluding tert-OH is 2. The molecule has 0 aromatic carbocycles. The van der Waals surface area contributed by atoms with Crippen LogP contribution in [0.1, 0.15) is 40.0 Å². The first-order chi connectivity index (χ1) is 12.2. The minimum absolute atomic E-state index is 0.0533. The number of cyclic esters (lactones) is 3. The van der Waals surface area contributed by atoms with E-state index in [2.05, 4.69) is 0 Å². The van der Waals surface area contributed by atoms with Crippen LogP contribution in [0.3, 0.4) is 0 Å². The van der Waals surface area contributed by atoms with Gasteiger partial charge in [-0.1, -0.05) is 12.2 Å². The summed E-state index contributed by atoms with van der Waals surface area (Å²) < 4.78 is 15.2. The first-order valence-corrected chi connectivity index (χ1v) is 8.49. The molecule has 26 heavy (non-hydrogen) atoms. The van der Waals surface area contributed by atoms with Crippen LogP contribution >= 0.6 is 0 Å². The molecule has 1 heterocycles. The Hall–Kier alpha value is -2.19. The summed E-state index contributed by atoms with van der Waals surface area (Å²) in [6.45, 7) is 4.55. The van der Waals surface area contributed by atoms with Crippen molar-refractivity contribution < 1.29 is 38.8 Å². The number of rotatable bonds is 0. The van der Waals surface area contributed by atoms with E-state index in [0.29, 0.717) is 6.42 Å². The van der Waals surface area contributed by atoms with E-state index in [0.717, 1.165) is 12.2 Å². The van der Waals surface area contributed by atoms with Crippen molar-refractivity contribution in [2.45, 2.75) is 70.6 Å². The maximum atomic E-state index is 11.8. The molecule has 2 N–H and O–H groups in total. The van der Waals surface area contributed by atoms with Crippen LogP contribution in [0.2, 0.25) is 0 Å². The summed E-state index contributed by atoms with van der Waals surface area (Å²) >= 11 is 0. The van der Waals surface area contributed by atoms with Gasteiger partial charge in [-0.25, -0.2) is 4.79 Å². The molecular weight excluding hydrogens is 344 g/mol. The normalized spacial score (nSPS) is 35.3. The summed E-state index contributed by atoms with van der Waals surface area (Å²) in [5.41, 5.74) is 0. The molecule has 0 amide bonds. The largest absolute Gasteiger partial charge is 0.460 e. The Morgan fingerprint density at radius 1 is 0.885 bits per heavy atom. The van der Waals surface area contributed by atoms with Crippen molar-refractivity contribution in [1.82, 2.24) is 0 Å². The standard InChI is InChI=1S/C18H26O8/c1-11-10-18(23)26-12(2)14(19)6-4-5-7-16(21)25-13(3)15(20)8-9-17(22)24-11/h4,6,8-9,11-15,19-20H,5,7,10H2,1-3H3/b6-4+,9-8+/t11-,12-,13-,14+,15+/m0/s1. The summed E-state index contributed by atoms with van der Waals surface area (Å²) in [4.78, 5) is 35.2. The average Bonchev–Trinajstić information content (AvgIpc) is 2.54. The molecule has 1 aliphatic heterocycles. The van der Waals surface area contributed by atoms with Crippen LogP contribution in [0, 0.1) is 0 Å². The van der Waals surface area contributed by atoms with Crippen molar-refractivity contribution in [2.24, 2.45) is 0 Å². The van der Waals surface area contributed by atoms with Crippen LogP contribution in [-0.2, 0) is 28.6 Å². The SMILES string of the molecule is C[C@@H]1OC(=O)CC/C=C/[C@@H](O)[C@H](C)OC(=O)C[C@H](C)OC(=O)/C=C/[C@H]1O. The van der Waals surface area contributed by atoms with Crippen molar-refractivity contribution in [1.29, 1.82) is 0 Å². The van der Waals surface area contributed by atoms with E-state index in [1.54, 1.807) is 6.08 Å². The van der Waals surface area contributed by atoms with Gasteiger partial charge >= 0.3 is 17.9 Å². The van der Waals surface area contributed by atoms with Gasteiger partial charge in [0.25, 0.3) is 0 Å². The molecule has 1 rings (SSSR count). The van der Waals surface area contributed by atoms with E-state index in [-0.39, 0.29) is 12.8 Å². The van der Waals surface area contributed by atoms with Crippen LogP contribution in [0.25, 0.3) is 0 Å². The third-order valence-corrected chi connectivity index (χ3v) is 3.65. The highest BCUT2D eigenvalue weighted by molar-refractivity contribution is 5.82. The molecule has 0 spiro atoms. The Kier molecular flexibility index (Phi) is 9.01. The molecular formula is C18H26O8. The highest BCUT2D eigenvalue weighted by Crippen LogP contribution is 2.09. The highest BCUT2D eigenvalue weighted by atomic mass is 16.6. The predicted molar refractivity (Wildman–Crippen MR) is 90.8 cm³/mol. The lowest BCUT2D eigenvalue weighted by molar-refractivity contribution is -0.157. The Labute approximate surface area is 152 Å². The van der Waals surface area contributed by atoms with Gasteiger partial charge in [0.2, 0.25) is 0 Å². The van der Waals surface area contributed by atoms with Crippen molar-refractivity contribution >= 4 is 17.9 Å². The van der Waals surface area contributed by atoms with Gasteiger partial charge in [0.15, 0.2) is 0 Å². The number of allylic oxidation sites excluding steroid dienone is 1. The molecule has 0 aromatic rings. The molecule has 8 nitrogen and oxygen atoms in total. The van der Waals surface area contributed by atoms with Gasteiger partial charge in [0.05, 0.1) is 6.42 Å². The van der Waals surface area contributed by atoms with Crippen LogP contribution in [-0.4, -0.2) is 58.6 Å². The van der Waals surface area contributed by atoms with Crippen LogP contribution in [0.15, 0.2) is 24.3 Å². The minimum Gasteiger partial charge on any atom is -0.460 e. The van der Waals surface area contributed by atoms with E-state index in [4.69, 9.17) is 14.2 Å². The monoisotopic (exact) mass is 370 g/mol. The second kappa shape index (κ2) is 10.7. The zero-order valence-electron chi connectivity index (χ0n) is 15.2. The number of carbonyl (C=O) groups excluding carboxylic acids is 3. The van der Waals surface area contributed by atoms with Crippen molar-refractivity contribution in [3.05, 3.63) is 24.3 Å². The van der Waals surface area contributed by atoms with Gasteiger partial charge in [0.1, 0.15) is 30.5 Å². The van der Waals surface area contributed by atoms with Gasteiger partial charge in [-0.3, -0.25) is 9.59 Å². The van der Waals surface area contributed by atoms with Gasteiger partial charge in [-0.15, -0.1) is 0 Å². The van der Waals surface area contributed by atoms with E-state index < -0.39 is 48.4 Å². The fourth-order valence-electron chi connectivity index (χ4n) is 2.10. The Balaban J connectivity index is 2.83. The zero-order valence-corrected chi connectivity index (χ0v) is 15.2. The quantitative estimate of drug-likeness (QED) is 0.365. The summed E-state index contributed by atoms with van der Waals surface area (Å²) in [5, 5.41) is 19.8. The van der Waals surface area contributed by atoms with Crippen LogP contribution < -0.4 is 0 Å². The Morgan fingerprint density at radius 2 is 1.46 bits per heavy atom. The van der Waals surface area contributed by atoms with E-state index in [9.17, 15) is 24.6 Å². The molecule has 146 valence electrons. The molecule has 5 atom stereocenters. The number of hydrogen-bond donors (Lipinski definition) is 2. The maximum absolute atomic E-state index is 11.8. The fraction of sp³-hybridized carbons (Fsp3) is 0.611. The predicted octanol–water partition coefficient (Wildman–Crippen LogP) is 0.800. The lowest BCUT2D eigenvalue weighted by atomic mass is 10.1. The third-order valence-electron chi connectivity index (χ3n) is 3.65. The molecule has 0 aliphatic carbocycles. The van der Waals surface area contributed by atoms with Gasteiger partial charge in [0, 0.05) is 12.5 Å². The summed E-state index contributed by atoms with van der Waals surface area (Å²) in [6.07, 6.45) is 0.804. The summed E-state index contributed by atoms with van der Waals surface area (Å²) in [7, 11) is 0. The highest BCUT2D eigenvalue weighted by Gasteiger charge is 2.21. The molecule has 0 saturated carbocycles. The molecule has 0 fully saturated rings. The first kappa shape index (κ1) is 21.9. The number of hydrogen-bond acceptors (Lipinski definition) is 8. The summed E-state index contributed by atoms with van der Waals surface area (Å²) in [5.74, 6) is -1.89. The maximum Gasteiger partial charge on any atom is 0.330 e. The van der Waals surface area contributed by atoms with E-state index >= 15 is 0 Å². The molecule has 0 radical (unpaired) electrons. The fourth-order valence-corrected chi connectivity index (χ4v) is 2.10. The van der Waals surface area contributed by atoms with E-state index in [1.807, 2.05) is 0 Å². The second-order valence-electron chi connectivity index (χ2n) is 6.15. The van der Waals surface area contributed by atoms with Crippen LogP contribution in [0.5, 0.6) is 0 Å². The summed E-state index contributed by atoms with van der Waals surface area (Å²) in [6, 6.07) is 0. The lowest BCUT2D eigenvalue weighted by Crippen LogP contribution is -2.29. The lowest BCUT2D eigenvalue weighted by Gasteiger charge is -2.19. The number of carbonyl (C=O) groups is 3. The van der Waals surface area contributed by atoms with Crippen molar-refractivity contribution in [3.8, 4) is 0 Å². The molecule has 0 unspecified atom stereocenters. The van der Waals surface area contributed by atoms with Crippen molar-refractivity contribution in [2.75, 3.05) is 0 Å². The van der Waals surface area contributed by atoms with Crippen LogP contribution in [0.4, 0.5) is 0 Å². The molecule has 0 aromatic heterocycles. The minimum atomic E-state index is -1.18. The van der Waals surface area contributed by atoms with Gasteiger partial charge in [-0.2, -0.15) is 0 Å². The van der Waals surface area contributed by atoms with Crippen molar-refractivity contribution in [3.63, 3.8) is 0 Å². The topological polar surface area (TPSA) is 119 Å². The zero-order chi connectivity index (χ0) is 19.7. The Bertz CT molecular complexity index is 553. The van der Waals surface area contributed by atoms with E-state index in [1.165, 1.54) is 26.8 Å². The molecule has 8 heteroatoms. The third kappa shape index (κ3) is 8.26. The molecule has 1 aliphatic rings. The second-order valence-corrected chi connectivity index (χ2v) is 6.15. The molecule has 0 saturated heterocycles. The molecule has 0 bridgehead atoms. The van der Waals surface area contributed by atoms with Gasteiger partial charge in [-0.05, 0) is 33.3 Å². The Morgan fingerprint density at radius 3 is 2.12 bits per heavy atom. The average molecular weight is 370 g/mol. The number of esters is 3.